The molecule has 0 unspecified atom stereocenters. The SMILES string of the molecule is Cc1cc(N2CCCCC2=O)ccc1N1CCc2c(C(N)=O)nn(-c3ccc(F)cc3F)c2C1=O. The predicted octanol–water partition coefficient (Wildman–Crippen LogP) is 3.28. The van der Waals surface area contributed by atoms with Gasteiger partial charge >= 0.3 is 0 Å². The number of nitrogens with two attached hydrogens (primary N) is 1. The first kappa shape index (κ1) is 22.7. The molecule has 180 valence electrons. The molecule has 0 aliphatic carbocycles. The first-order valence-electron chi connectivity index (χ1n) is 11.4. The Morgan fingerprint density at radius 3 is 2.43 bits per heavy atom. The largest absolute Gasteiger partial charge is 0.364 e. The molecule has 5 rings (SSSR count). The molecule has 0 spiro atoms. The average molecular weight is 479 g/mol. The van der Waals surface area contributed by atoms with Crippen molar-refractivity contribution in [3.05, 3.63) is 70.5 Å². The number of amides is 3. The van der Waals surface area contributed by atoms with Gasteiger partial charge in [0.1, 0.15) is 17.2 Å². The summed E-state index contributed by atoms with van der Waals surface area (Å²) in [5.41, 5.74) is 7.71. The Balaban J connectivity index is 1.56. The Hall–Kier alpha value is -4.08. The molecule has 0 radical (unpaired) electrons. The van der Waals surface area contributed by atoms with Crippen molar-refractivity contribution in [2.24, 2.45) is 5.73 Å². The highest BCUT2D eigenvalue weighted by Gasteiger charge is 2.35. The Bertz CT molecular complexity index is 1380. The first-order valence-corrected chi connectivity index (χ1v) is 11.4. The van der Waals surface area contributed by atoms with Gasteiger partial charge in [-0.15, -0.1) is 0 Å². The number of hydrogen-bond acceptors (Lipinski definition) is 4. The lowest BCUT2D eigenvalue weighted by atomic mass is 10.0. The number of piperidine rings is 1. The summed E-state index contributed by atoms with van der Waals surface area (Å²) in [4.78, 5) is 41.3. The minimum absolute atomic E-state index is 0.00485. The molecule has 2 aromatic carbocycles. The summed E-state index contributed by atoms with van der Waals surface area (Å²) in [5, 5.41) is 4.12. The van der Waals surface area contributed by atoms with Gasteiger partial charge in [-0.2, -0.15) is 5.10 Å². The maximum absolute atomic E-state index is 14.6. The summed E-state index contributed by atoms with van der Waals surface area (Å²) < 4.78 is 29.1. The number of fused-ring (bicyclic) bond motifs is 1. The number of halogens is 2. The highest BCUT2D eigenvalue weighted by Crippen LogP contribution is 2.33. The van der Waals surface area contributed by atoms with Crippen LogP contribution in [-0.4, -0.2) is 40.6 Å². The Morgan fingerprint density at radius 1 is 0.971 bits per heavy atom. The molecule has 0 bridgehead atoms. The van der Waals surface area contributed by atoms with Crippen molar-refractivity contribution in [2.45, 2.75) is 32.6 Å². The summed E-state index contributed by atoms with van der Waals surface area (Å²) in [6, 6.07) is 8.34. The summed E-state index contributed by atoms with van der Waals surface area (Å²) in [6.45, 7) is 2.76. The van der Waals surface area contributed by atoms with Crippen LogP contribution in [0.1, 0.15) is 51.4 Å². The molecule has 2 aliphatic rings. The van der Waals surface area contributed by atoms with Crippen LogP contribution in [0.15, 0.2) is 36.4 Å². The maximum Gasteiger partial charge on any atom is 0.277 e. The quantitative estimate of drug-likeness (QED) is 0.621. The van der Waals surface area contributed by atoms with Gasteiger partial charge in [0, 0.05) is 42.5 Å². The number of nitrogens with zero attached hydrogens (tertiary/aromatic N) is 4. The monoisotopic (exact) mass is 479 g/mol. The third kappa shape index (κ3) is 3.84. The average Bonchev–Trinajstić information content (AvgIpc) is 3.21. The van der Waals surface area contributed by atoms with Crippen molar-refractivity contribution in [3.8, 4) is 5.69 Å². The van der Waals surface area contributed by atoms with Crippen LogP contribution in [0.2, 0.25) is 0 Å². The second-order valence-corrected chi connectivity index (χ2v) is 8.73. The molecule has 35 heavy (non-hydrogen) atoms. The van der Waals surface area contributed by atoms with E-state index >= 15 is 0 Å². The van der Waals surface area contributed by atoms with E-state index in [4.69, 9.17) is 5.73 Å². The van der Waals surface area contributed by atoms with Crippen molar-refractivity contribution < 1.29 is 23.2 Å². The standard InChI is InChI=1S/C25H23F2N5O3/c1-14-12-16(30-10-3-2-4-21(30)33)6-8-19(14)31-11-9-17-22(24(28)34)29-32(23(17)25(31)35)20-7-5-15(26)13-18(20)27/h5-8,12-13H,2-4,9-11H2,1H3,(H2,28,34). The molecular formula is C25H23F2N5O3. The molecule has 0 saturated carbocycles. The Morgan fingerprint density at radius 2 is 1.74 bits per heavy atom. The van der Waals surface area contributed by atoms with Gasteiger partial charge in [-0.25, -0.2) is 13.5 Å². The lowest BCUT2D eigenvalue weighted by molar-refractivity contribution is -0.119. The lowest BCUT2D eigenvalue weighted by Gasteiger charge is -2.31. The van der Waals surface area contributed by atoms with Crippen LogP contribution in [-0.2, 0) is 11.2 Å². The molecule has 1 saturated heterocycles. The van der Waals surface area contributed by atoms with E-state index in [1.54, 1.807) is 17.0 Å². The van der Waals surface area contributed by atoms with E-state index in [1.165, 1.54) is 4.90 Å². The summed E-state index contributed by atoms with van der Waals surface area (Å²) in [7, 11) is 0. The number of carbonyl (C=O) groups excluding carboxylic acids is 3. The number of benzene rings is 2. The molecule has 3 heterocycles. The van der Waals surface area contributed by atoms with Gasteiger partial charge in [-0.05, 0) is 62.1 Å². The molecule has 2 N–H and O–H groups in total. The van der Waals surface area contributed by atoms with Gasteiger partial charge < -0.3 is 15.5 Å². The molecule has 8 nitrogen and oxygen atoms in total. The molecule has 1 aromatic heterocycles. The van der Waals surface area contributed by atoms with Gasteiger partial charge in [-0.3, -0.25) is 14.4 Å². The van der Waals surface area contributed by atoms with Crippen molar-refractivity contribution >= 4 is 29.1 Å². The van der Waals surface area contributed by atoms with Crippen LogP contribution < -0.4 is 15.5 Å². The van der Waals surface area contributed by atoms with Crippen LogP contribution in [0.5, 0.6) is 0 Å². The number of primary amides is 1. The van der Waals surface area contributed by atoms with E-state index in [0.29, 0.717) is 30.3 Å². The fourth-order valence-corrected chi connectivity index (χ4v) is 4.80. The number of anilines is 2. The first-order chi connectivity index (χ1) is 16.8. The van der Waals surface area contributed by atoms with Crippen LogP contribution in [0.25, 0.3) is 5.69 Å². The zero-order valence-electron chi connectivity index (χ0n) is 19.1. The van der Waals surface area contributed by atoms with E-state index < -0.39 is 23.4 Å². The Labute approximate surface area is 199 Å². The van der Waals surface area contributed by atoms with Crippen molar-refractivity contribution in [1.29, 1.82) is 0 Å². The van der Waals surface area contributed by atoms with Gasteiger partial charge in [0.2, 0.25) is 5.91 Å². The zero-order chi connectivity index (χ0) is 24.9. The van der Waals surface area contributed by atoms with Gasteiger partial charge in [-0.1, -0.05) is 0 Å². The van der Waals surface area contributed by atoms with Gasteiger partial charge in [0.25, 0.3) is 11.8 Å². The highest BCUT2D eigenvalue weighted by molar-refractivity contribution is 6.10. The number of aryl methyl sites for hydroxylation is 1. The fourth-order valence-electron chi connectivity index (χ4n) is 4.80. The van der Waals surface area contributed by atoms with E-state index in [0.717, 1.165) is 40.9 Å². The minimum Gasteiger partial charge on any atom is -0.364 e. The molecule has 10 heteroatoms. The second-order valence-electron chi connectivity index (χ2n) is 8.73. The third-order valence-electron chi connectivity index (χ3n) is 6.49. The summed E-state index contributed by atoms with van der Waals surface area (Å²) in [6.07, 6.45) is 2.60. The number of hydrogen-bond donors (Lipinski definition) is 1. The normalized spacial score (nSPS) is 16.0. The smallest absolute Gasteiger partial charge is 0.277 e. The van der Waals surface area contributed by atoms with Gasteiger partial charge in [0.05, 0.1) is 0 Å². The van der Waals surface area contributed by atoms with E-state index in [-0.39, 0.29) is 35.9 Å². The molecular weight excluding hydrogens is 456 g/mol. The third-order valence-corrected chi connectivity index (χ3v) is 6.49. The fraction of sp³-hybridized carbons (Fsp3) is 0.280. The summed E-state index contributed by atoms with van der Waals surface area (Å²) >= 11 is 0. The topological polar surface area (TPSA) is 102 Å². The maximum atomic E-state index is 14.6. The zero-order valence-corrected chi connectivity index (χ0v) is 19.1. The highest BCUT2D eigenvalue weighted by atomic mass is 19.1. The van der Waals surface area contributed by atoms with Crippen molar-refractivity contribution in [3.63, 3.8) is 0 Å². The van der Waals surface area contributed by atoms with E-state index in [2.05, 4.69) is 5.10 Å². The molecule has 2 aliphatic heterocycles. The molecule has 1 fully saturated rings. The minimum atomic E-state index is -0.928. The number of aromatic nitrogens is 2. The second kappa shape index (κ2) is 8.61. The number of rotatable bonds is 4. The van der Waals surface area contributed by atoms with Crippen LogP contribution in [0.3, 0.4) is 0 Å². The van der Waals surface area contributed by atoms with Gasteiger partial charge in [0.15, 0.2) is 11.5 Å². The molecule has 3 amide bonds. The molecule has 3 aromatic rings. The van der Waals surface area contributed by atoms with Crippen LogP contribution in [0.4, 0.5) is 20.2 Å². The predicted molar refractivity (Wildman–Crippen MR) is 125 cm³/mol. The van der Waals surface area contributed by atoms with Crippen LogP contribution >= 0.6 is 0 Å². The lowest BCUT2D eigenvalue weighted by Crippen LogP contribution is -2.39. The molecule has 0 atom stereocenters. The van der Waals surface area contributed by atoms with Crippen LogP contribution in [0, 0.1) is 18.6 Å². The van der Waals surface area contributed by atoms with E-state index in [1.807, 2.05) is 13.0 Å². The summed E-state index contributed by atoms with van der Waals surface area (Å²) in [5.74, 6) is -2.96. The Kier molecular flexibility index (Phi) is 5.58. The van der Waals surface area contributed by atoms with E-state index in [9.17, 15) is 23.2 Å². The number of carbonyl (C=O) groups is 3. The van der Waals surface area contributed by atoms with Crippen molar-refractivity contribution in [2.75, 3.05) is 22.9 Å². The van der Waals surface area contributed by atoms with Crippen molar-refractivity contribution in [1.82, 2.24) is 9.78 Å².